The highest BCUT2D eigenvalue weighted by atomic mass is 16.5. The van der Waals surface area contributed by atoms with Crippen LogP contribution in [-0.2, 0) is 14.9 Å². The van der Waals surface area contributed by atoms with E-state index in [1.54, 1.807) is 4.90 Å². The van der Waals surface area contributed by atoms with Crippen LogP contribution in [0.4, 0.5) is 10.5 Å². The van der Waals surface area contributed by atoms with Gasteiger partial charge in [0.05, 0.1) is 30.7 Å². The lowest BCUT2D eigenvalue weighted by Gasteiger charge is -2.51. The first kappa shape index (κ1) is 17.0. The van der Waals surface area contributed by atoms with Crippen molar-refractivity contribution in [1.29, 1.82) is 0 Å². The lowest BCUT2D eigenvalue weighted by atomic mass is 9.73. The molecule has 2 unspecified atom stereocenters. The largest absolute Gasteiger partial charge is 0.465 e. The molecule has 5 rings (SSSR count). The molecule has 2 amide bonds. The van der Waals surface area contributed by atoms with Crippen molar-refractivity contribution in [2.75, 3.05) is 31.6 Å². The minimum atomic E-state index is -0.830. The van der Waals surface area contributed by atoms with Gasteiger partial charge in [-0.15, -0.1) is 0 Å². The second-order valence-corrected chi connectivity index (χ2v) is 8.28. The highest BCUT2D eigenvalue weighted by molar-refractivity contribution is 6.06. The number of likely N-dealkylation sites (tertiary alicyclic amines) is 1. The molecule has 3 fully saturated rings. The van der Waals surface area contributed by atoms with E-state index in [0.29, 0.717) is 19.3 Å². The third-order valence-electron chi connectivity index (χ3n) is 7.01. The SMILES string of the molecule is O=C(O)N1C2COCC1CC(N1CCC3(CC1)C(=O)Nc1ccccc13)C2. The Bertz CT molecular complexity index is 760. The number of carbonyl (C=O) groups excluding carboxylic acids is 1. The van der Waals surface area contributed by atoms with E-state index in [1.165, 1.54) is 0 Å². The number of nitrogens with zero attached hydrogens (tertiary/aromatic N) is 2. The maximum absolute atomic E-state index is 12.8. The molecule has 2 N–H and O–H groups in total. The van der Waals surface area contributed by atoms with E-state index in [4.69, 9.17) is 4.74 Å². The van der Waals surface area contributed by atoms with Crippen LogP contribution in [0.2, 0.25) is 0 Å². The summed E-state index contributed by atoms with van der Waals surface area (Å²) in [6, 6.07) is 8.31. The lowest BCUT2D eigenvalue weighted by molar-refractivity contribution is -0.123. The van der Waals surface area contributed by atoms with Crippen molar-refractivity contribution in [2.24, 2.45) is 0 Å². The summed E-state index contributed by atoms with van der Waals surface area (Å²) >= 11 is 0. The summed E-state index contributed by atoms with van der Waals surface area (Å²) in [5.41, 5.74) is 1.70. The number of ether oxygens (including phenoxy) is 1. The number of rotatable bonds is 1. The van der Waals surface area contributed by atoms with Crippen molar-refractivity contribution in [3.05, 3.63) is 29.8 Å². The normalized spacial score (nSPS) is 32.2. The number of hydrogen-bond donors (Lipinski definition) is 2. The molecule has 0 radical (unpaired) electrons. The molecule has 2 atom stereocenters. The molecule has 1 aromatic rings. The number of carboxylic acid groups (broad SMARTS) is 1. The van der Waals surface area contributed by atoms with Gasteiger partial charge < -0.3 is 20.1 Å². The highest BCUT2D eigenvalue weighted by Crippen LogP contribution is 2.45. The van der Waals surface area contributed by atoms with Gasteiger partial charge in [-0.25, -0.2) is 4.79 Å². The average molecular weight is 371 g/mol. The van der Waals surface area contributed by atoms with Crippen LogP contribution in [0.25, 0.3) is 0 Å². The number of anilines is 1. The molecule has 7 heteroatoms. The molecule has 144 valence electrons. The minimum absolute atomic E-state index is 0.0496. The van der Waals surface area contributed by atoms with Crippen LogP contribution in [0.1, 0.15) is 31.2 Å². The topological polar surface area (TPSA) is 82.1 Å². The Morgan fingerprint density at radius 1 is 1.11 bits per heavy atom. The summed E-state index contributed by atoms with van der Waals surface area (Å²) < 4.78 is 5.61. The molecular weight excluding hydrogens is 346 g/mol. The van der Waals surface area contributed by atoms with Gasteiger partial charge in [-0.05, 0) is 50.4 Å². The van der Waals surface area contributed by atoms with E-state index in [0.717, 1.165) is 50.0 Å². The molecule has 2 bridgehead atoms. The molecule has 4 aliphatic heterocycles. The zero-order chi connectivity index (χ0) is 18.6. The van der Waals surface area contributed by atoms with E-state index in [9.17, 15) is 14.7 Å². The number of fused-ring (bicyclic) bond motifs is 4. The van der Waals surface area contributed by atoms with Crippen LogP contribution in [0.5, 0.6) is 0 Å². The Labute approximate surface area is 158 Å². The lowest BCUT2D eigenvalue weighted by Crippen LogP contribution is -2.63. The Balaban J connectivity index is 1.31. The van der Waals surface area contributed by atoms with Crippen LogP contribution < -0.4 is 5.32 Å². The Morgan fingerprint density at radius 3 is 2.44 bits per heavy atom. The summed E-state index contributed by atoms with van der Waals surface area (Å²) in [5, 5.41) is 12.6. The van der Waals surface area contributed by atoms with Crippen molar-refractivity contribution in [3.8, 4) is 0 Å². The van der Waals surface area contributed by atoms with Crippen molar-refractivity contribution in [1.82, 2.24) is 9.80 Å². The van der Waals surface area contributed by atoms with E-state index >= 15 is 0 Å². The number of hydrogen-bond acceptors (Lipinski definition) is 4. The van der Waals surface area contributed by atoms with Crippen molar-refractivity contribution < 1.29 is 19.4 Å². The Morgan fingerprint density at radius 2 is 1.78 bits per heavy atom. The Kier molecular flexibility index (Phi) is 3.91. The molecule has 0 aromatic heterocycles. The fourth-order valence-electron chi connectivity index (χ4n) is 5.64. The zero-order valence-electron chi connectivity index (χ0n) is 15.3. The van der Waals surface area contributed by atoms with Crippen LogP contribution in [0.3, 0.4) is 0 Å². The predicted molar refractivity (Wildman–Crippen MR) is 98.8 cm³/mol. The highest BCUT2D eigenvalue weighted by Gasteiger charge is 2.50. The summed E-state index contributed by atoms with van der Waals surface area (Å²) in [7, 11) is 0. The number of nitrogens with one attached hydrogen (secondary N) is 1. The van der Waals surface area contributed by atoms with Gasteiger partial charge in [-0.1, -0.05) is 18.2 Å². The number of morpholine rings is 1. The molecule has 27 heavy (non-hydrogen) atoms. The van der Waals surface area contributed by atoms with E-state index in [2.05, 4.69) is 16.3 Å². The van der Waals surface area contributed by atoms with Gasteiger partial charge in [0.2, 0.25) is 5.91 Å². The number of carbonyl (C=O) groups is 2. The smallest absolute Gasteiger partial charge is 0.407 e. The summed E-state index contributed by atoms with van der Waals surface area (Å²) in [5.74, 6) is 0.134. The van der Waals surface area contributed by atoms with Crippen LogP contribution >= 0.6 is 0 Å². The van der Waals surface area contributed by atoms with Crippen LogP contribution in [0.15, 0.2) is 24.3 Å². The number of piperidine rings is 2. The fraction of sp³-hybridized carbons (Fsp3) is 0.600. The van der Waals surface area contributed by atoms with Crippen molar-refractivity contribution >= 4 is 17.7 Å². The zero-order valence-corrected chi connectivity index (χ0v) is 15.3. The quantitative estimate of drug-likeness (QED) is 0.788. The molecule has 7 nitrogen and oxygen atoms in total. The van der Waals surface area contributed by atoms with Gasteiger partial charge in [-0.3, -0.25) is 9.69 Å². The number of para-hydroxylation sites is 1. The van der Waals surface area contributed by atoms with E-state index < -0.39 is 11.5 Å². The third-order valence-corrected chi connectivity index (χ3v) is 7.01. The fourth-order valence-corrected chi connectivity index (χ4v) is 5.64. The molecular formula is C20H25N3O4. The second-order valence-electron chi connectivity index (χ2n) is 8.28. The molecule has 4 aliphatic rings. The minimum Gasteiger partial charge on any atom is -0.465 e. The van der Waals surface area contributed by atoms with E-state index in [1.807, 2.05) is 18.2 Å². The van der Waals surface area contributed by atoms with Crippen LogP contribution in [0, 0.1) is 0 Å². The first-order valence-corrected chi connectivity index (χ1v) is 9.82. The second kappa shape index (κ2) is 6.21. The maximum Gasteiger partial charge on any atom is 0.407 e. The van der Waals surface area contributed by atoms with E-state index in [-0.39, 0.29) is 18.0 Å². The number of amides is 2. The van der Waals surface area contributed by atoms with Gasteiger partial charge in [0.25, 0.3) is 0 Å². The van der Waals surface area contributed by atoms with Crippen LogP contribution in [-0.4, -0.2) is 71.3 Å². The van der Waals surface area contributed by atoms with Crippen molar-refractivity contribution in [2.45, 2.75) is 49.2 Å². The average Bonchev–Trinajstić information content (AvgIpc) is 2.93. The van der Waals surface area contributed by atoms with Gasteiger partial charge in [0, 0.05) is 11.7 Å². The summed E-state index contributed by atoms with van der Waals surface area (Å²) in [6.07, 6.45) is 2.45. The van der Waals surface area contributed by atoms with Gasteiger partial charge >= 0.3 is 6.09 Å². The van der Waals surface area contributed by atoms with Gasteiger partial charge in [0.1, 0.15) is 0 Å². The van der Waals surface area contributed by atoms with Gasteiger partial charge in [0.15, 0.2) is 0 Å². The first-order valence-electron chi connectivity index (χ1n) is 9.82. The molecule has 0 aliphatic carbocycles. The standard InChI is InChI=1S/C20H25N3O4/c24-18-20(16-3-1-2-4-17(16)21-18)5-7-22(8-6-20)13-9-14-11-27-12-15(10-13)23(14)19(25)26/h1-4,13-15H,5-12H2,(H,21,24)(H,25,26). The monoisotopic (exact) mass is 371 g/mol. The number of benzene rings is 1. The molecule has 1 spiro atoms. The predicted octanol–water partition coefficient (Wildman–Crippen LogP) is 1.88. The van der Waals surface area contributed by atoms with Gasteiger partial charge in [-0.2, -0.15) is 0 Å². The van der Waals surface area contributed by atoms with Crippen molar-refractivity contribution in [3.63, 3.8) is 0 Å². The molecule has 1 aromatic carbocycles. The molecule has 4 heterocycles. The molecule has 0 saturated carbocycles. The third kappa shape index (κ3) is 2.56. The molecule has 3 saturated heterocycles. The summed E-state index contributed by atoms with van der Waals surface area (Å²) in [6.45, 7) is 2.74. The Hall–Kier alpha value is -2.12. The first-order chi connectivity index (χ1) is 13.1. The summed E-state index contributed by atoms with van der Waals surface area (Å²) in [4.78, 5) is 28.4. The maximum atomic E-state index is 12.8.